The third-order valence-electron chi connectivity index (χ3n) is 3.68. The van der Waals surface area contributed by atoms with Crippen LogP contribution in [0.4, 0.5) is 5.69 Å². The molecule has 0 fully saturated rings. The lowest BCUT2D eigenvalue weighted by Crippen LogP contribution is -2.16. The van der Waals surface area contributed by atoms with Crippen LogP contribution in [-0.4, -0.2) is 17.9 Å². The lowest BCUT2D eigenvalue weighted by Gasteiger charge is -2.14. The van der Waals surface area contributed by atoms with Gasteiger partial charge < -0.3 is 20.9 Å². The molecule has 25 heavy (non-hydrogen) atoms. The van der Waals surface area contributed by atoms with Gasteiger partial charge >= 0.3 is 0 Å². The summed E-state index contributed by atoms with van der Waals surface area (Å²) < 4.78 is 10.9. The number of anilines is 1. The molecule has 0 bridgehead atoms. The Morgan fingerprint density at radius 2 is 1.64 bits per heavy atom. The number of benzene rings is 2. The second kappa shape index (κ2) is 6.92. The van der Waals surface area contributed by atoms with Crippen LogP contribution in [0.2, 0.25) is 0 Å². The third-order valence-corrected chi connectivity index (χ3v) is 3.68. The Bertz CT molecular complexity index is 893. The molecule has 0 aliphatic rings. The Labute approximate surface area is 145 Å². The summed E-state index contributed by atoms with van der Waals surface area (Å²) in [4.78, 5) is 4.35. The number of hydrogen-bond donors (Lipinski definition) is 3. The zero-order valence-electron chi connectivity index (χ0n) is 13.7. The maximum Gasteiger partial charge on any atom is 0.160 e. The van der Waals surface area contributed by atoms with E-state index in [0.29, 0.717) is 28.4 Å². The van der Waals surface area contributed by atoms with E-state index in [0.717, 1.165) is 11.3 Å². The third kappa shape index (κ3) is 3.37. The Hall–Kier alpha value is -3.54. The van der Waals surface area contributed by atoms with Crippen molar-refractivity contribution < 1.29 is 9.47 Å². The standard InChI is InChI=1S/C19H18N4O2/c1-24-15-11-23-18(16(17(15)20)19(21)22)12-7-9-14(10-8-12)25-13-5-3-2-4-6-13/h2-11H,1H3,(H2,20,23)(H3,21,22). The molecule has 0 spiro atoms. The fourth-order valence-electron chi connectivity index (χ4n) is 2.47. The quantitative estimate of drug-likeness (QED) is 0.489. The average Bonchev–Trinajstić information content (AvgIpc) is 2.62. The molecule has 3 aromatic rings. The summed E-state index contributed by atoms with van der Waals surface area (Å²) >= 11 is 0. The number of para-hydroxylation sites is 1. The molecule has 3 rings (SSSR count). The number of nitrogens with two attached hydrogens (primary N) is 2. The number of methoxy groups -OCH3 is 1. The largest absolute Gasteiger partial charge is 0.493 e. The van der Waals surface area contributed by atoms with E-state index in [-0.39, 0.29) is 5.84 Å². The van der Waals surface area contributed by atoms with Gasteiger partial charge in [0.05, 0.1) is 30.3 Å². The highest BCUT2D eigenvalue weighted by Crippen LogP contribution is 2.33. The number of hydrogen-bond acceptors (Lipinski definition) is 5. The van der Waals surface area contributed by atoms with Crippen LogP contribution in [-0.2, 0) is 0 Å². The van der Waals surface area contributed by atoms with Crippen molar-refractivity contribution in [1.29, 1.82) is 5.41 Å². The van der Waals surface area contributed by atoms with Gasteiger partial charge in [0.1, 0.15) is 17.3 Å². The monoisotopic (exact) mass is 334 g/mol. The second-order valence-electron chi connectivity index (χ2n) is 5.32. The first-order chi connectivity index (χ1) is 12.1. The fraction of sp³-hybridized carbons (Fsp3) is 0.0526. The van der Waals surface area contributed by atoms with Crippen molar-refractivity contribution in [1.82, 2.24) is 4.98 Å². The number of rotatable bonds is 5. The molecule has 0 aliphatic heterocycles. The van der Waals surface area contributed by atoms with Gasteiger partial charge in [-0.05, 0) is 36.4 Å². The van der Waals surface area contributed by atoms with Crippen molar-refractivity contribution in [2.24, 2.45) is 5.73 Å². The summed E-state index contributed by atoms with van der Waals surface area (Å²) in [6, 6.07) is 16.9. The van der Waals surface area contributed by atoms with Crippen molar-refractivity contribution in [2.45, 2.75) is 0 Å². The Balaban J connectivity index is 1.95. The molecule has 0 atom stereocenters. The second-order valence-corrected chi connectivity index (χ2v) is 5.32. The molecule has 6 nitrogen and oxygen atoms in total. The predicted octanol–water partition coefficient (Wildman–Crippen LogP) is 3.42. The number of aromatic nitrogens is 1. The fourth-order valence-corrected chi connectivity index (χ4v) is 2.47. The number of amidine groups is 1. The van der Waals surface area contributed by atoms with Crippen LogP contribution in [0.15, 0.2) is 60.8 Å². The molecule has 2 aromatic carbocycles. The summed E-state index contributed by atoms with van der Waals surface area (Å²) in [5, 5.41) is 7.81. The first-order valence-electron chi connectivity index (χ1n) is 7.60. The molecule has 0 saturated heterocycles. The smallest absolute Gasteiger partial charge is 0.160 e. The number of ether oxygens (including phenoxy) is 2. The molecule has 1 aromatic heterocycles. The summed E-state index contributed by atoms with van der Waals surface area (Å²) in [6.45, 7) is 0. The van der Waals surface area contributed by atoms with Gasteiger partial charge in [-0.25, -0.2) is 0 Å². The topological polar surface area (TPSA) is 107 Å². The average molecular weight is 334 g/mol. The molecule has 1 heterocycles. The maximum absolute atomic E-state index is 7.81. The molecule has 0 unspecified atom stereocenters. The summed E-state index contributed by atoms with van der Waals surface area (Å²) in [5.74, 6) is 1.67. The maximum atomic E-state index is 7.81. The Morgan fingerprint density at radius 3 is 2.24 bits per heavy atom. The van der Waals surface area contributed by atoms with E-state index < -0.39 is 0 Å². The summed E-state index contributed by atoms with van der Waals surface area (Å²) in [7, 11) is 1.49. The number of nitrogen functional groups attached to an aromatic ring is 2. The summed E-state index contributed by atoms with van der Waals surface area (Å²) in [6.07, 6.45) is 1.52. The van der Waals surface area contributed by atoms with E-state index in [1.165, 1.54) is 13.3 Å². The molecule has 5 N–H and O–H groups in total. The van der Waals surface area contributed by atoms with Gasteiger partial charge in [0, 0.05) is 5.56 Å². The van der Waals surface area contributed by atoms with Gasteiger partial charge in [0.2, 0.25) is 0 Å². The van der Waals surface area contributed by atoms with Crippen molar-refractivity contribution >= 4 is 11.5 Å². The Kier molecular flexibility index (Phi) is 4.52. The minimum absolute atomic E-state index is 0.163. The molecule has 126 valence electrons. The van der Waals surface area contributed by atoms with E-state index >= 15 is 0 Å². The van der Waals surface area contributed by atoms with Crippen LogP contribution >= 0.6 is 0 Å². The van der Waals surface area contributed by atoms with Crippen LogP contribution in [0.25, 0.3) is 11.3 Å². The number of nitrogens with zero attached hydrogens (tertiary/aromatic N) is 1. The molecule has 0 radical (unpaired) electrons. The van der Waals surface area contributed by atoms with Crippen LogP contribution in [0.5, 0.6) is 17.2 Å². The van der Waals surface area contributed by atoms with Gasteiger partial charge in [0.15, 0.2) is 5.75 Å². The zero-order valence-corrected chi connectivity index (χ0v) is 13.7. The van der Waals surface area contributed by atoms with Crippen LogP contribution in [0, 0.1) is 5.41 Å². The lowest BCUT2D eigenvalue weighted by molar-refractivity contribution is 0.415. The highest BCUT2D eigenvalue weighted by atomic mass is 16.5. The van der Waals surface area contributed by atoms with E-state index in [2.05, 4.69) is 4.98 Å². The van der Waals surface area contributed by atoms with Crippen LogP contribution in [0.3, 0.4) is 0 Å². The lowest BCUT2D eigenvalue weighted by atomic mass is 10.0. The van der Waals surface area contributed by atoms with Crippen molar-refractivity contribution in [3.63, 3.8) is 0 Å². The zero-order chi connectivity index (χ0) is 17.8. The van der Waals surface area contributed by atoms with Gasteiger partial charge in [-0.1, -0.05) is 18.2 Å². The van der Waals surface area contributed by atoms with E-state index in [1.807, 2.05) is 54.6 Å². The van der Waals surface area contributed by atoms with Gasteiger partial charge in [-0.2, -0.15) is 0 Å². The van der Waals surface area contributed by atoms with Crippen LogP contribution < -0.4 is 20.9 Å². The molecular formula is C19H18N4O2. The van der Waals surface area contributed by atoms with Gasteiger partial charge in [-0.15, -0.1) is 0 Å². The number of nitrogens with one attached hydrogen (secondary N) is 1. The molecule has 0 amide bonds. The van der Waals surface area contributed by atoms with Crippen molar-refractivity contribution in [2.75, 3.05) is 12.8 Å². The predicted molar refractivity (Wildman–Crippen MR) is 98.2 cm³/mol. The first-order valence-corrected chi connectivity index (χ1v) is 7.60. The molecule has 0 saturated carbocycles. The molecular weight excluding hydrogens is 316 g/mol. The van der Waals surface area contributed by atoms with E-state index in [1.54, 1.807) is 0 Å². The highest BCUT2D eigenvalue weighted by molar-refractivity contribution is 6.06. The first kappa shape index (κ1) is 16.3. The van der Waals surface area contributed by atoms with E-state index in [9.17, 15) is 0 Å². The highest BCUT2D eigenvalue weighted by Gasteiger charge is 2.17. The van der Waals surface area contributed by atoms with Gasteiger partial charge in [-0.3, -0.25) is 10.4 Å². The SMILES string of the molecule is COc1cnc(-c2ccc(Oc3ccccc3)cc2)c(C(=N)N)c1N. The normalized spacial score (nSPS) is 10.3. The minimum atomic E-state index is -0.163. The van der Waals surface area contributed by atoms with Gasteiger partial charge in [0.25, 0.3) is 0 Å². The minimum Gasteiger partial charge on any atom is -0.493 e. The van der Waals surface area contributed by atoms with Crippen molar-refractivity contribution in [3.05, 3.63) is 66.4 Å². The number of pyridine rings is 1. The van der Waals surface area contributed by atoms with Crippen molar-refractivity contribution in [3.8, 4) is 28.5 Å². The van der Waals surface area contributed by atoms with E-state index in [4.69, 9.17) is 26.4 Å². The molecule has 0 aliphatic carbocycles. The Morgan fingerprint density at radius 1 is 1.00 bits per heavy atom. The van der Waals surface area contributed by atoms with Crippen LogP contribution in [0.1, 0.15) is 5.56 Å². The molecule has 6 heteroatoms. The summed E-state index contributed by atoms with van der Waals surface area (Å²) in [5.41, 5.74) is 13.7.